The number of aromatic nitrogens is 1. The molecule has 3 N–H and O–H groups in total. The summed E-state index contributed by atoms with van der Waals surface area (Å²) >= 11 is 0. The molecule has 1 unspecified atom stereocenters. The van der Waals surface area contributed by atoms with Gasteiger partial charge in [0, 0.05) is 40.3 Å². The molecule has 1 aliphatic carbocycles. The highest BCUT2D eigenvalue weighted by atomic mass is 16.5. The lowest BCUT2D eigenvalue weighted by atomic mass is 9.95. The second-order valence-electron chi connectivity index (χ2n) is 13.5. The molecule has 8 bridgehead atoms. The molecular formula is C40H48N4O4. The zero-order chi connectivity index (χ0) is 34.3. The highest BCUT2D eigenvalue weighted by Crippen LogP contribution is 2.44. The average molecular weight is 649 g/mol. The molecule has 48 heavy (non-hydrogen) atoms. The van der Waals surface area contributed by atoms with Gasteiger partial charge in [-0.05, 0) is 112 Å². The number of esters is 1. The van der Waals surface area contributed by atoms with Crippen LogP contribution in [0.25, 0.3) is 12.2 Å². The minimum absolute atomic E-state index is 0.116. The highest BCUT2D eigenvalue weighted by Gasteiger charge is 2.37. The molecule has 1 atom stereocenters. The number of fused-ring (bicyclic) bond motifs is 5. The van der Waals surface area contributed by atoms with Crippen LogP contribution in [0.4, 0.5) is 0 Å². The molecular weight excluding hydrogens is 600 g/mol. The molecule has 0 amide bonds. The first-order valence-electron chi connectivity index (χ1n) is 17.5. The van der Waals surface area contributed by atoms with Gasteiger partial charge in [-0.3, -0.25) is 4.79 Å². The van der Waals surface area contributed by atoms with Gasteiger partial charge in [0.05, 0.1) is 46.9 Å². The van der Waals surface area contributed by atoms with Gasteiger partial charge in [0.2, 0.25) is 0 Å². The summed E-state index contributed by atoms with van der Waals surface area (Å²) in [6.45, 7) is 14.3. The van der Waals surface area contributed by atoms with E-state index in [-0.39, 0.29) is 30.9 Å². The molecule has 1 aromatic heterocycles. The molecule has 6 rings (SSSR count). The van der Waals surface area contributed by atoms with Gasteiger partial charge < -0.3 is 19.9 Å². The molecule has 0 radical (unpaired) electrons. The van der Waals surface area contributed by atoms with Crippen molar-refractivity contribution in [2.24, 2.45) is 15.0 Å². The third-order valence-electron chi connectivity index (χ3n) is 10.3. The number of ether oxygens (including phenoxy) is 1. The van der Waals surface area contributed by atoms with Crippen molar-refractivity contribution in [3.63, 3.8) is 0 Å². The summed E-state index contributed by atoms with van der Waals surface area (Å²) < 4.78 is 5.81. The van der Waals surface area contributed by atoms with Gasteiger partial charge >= 0.3 is 5.97 Å². The quantitative estimate of drug-likeness (QED) is 0.181. The Morgan fingerprint density at radius 1 is 0.938 bits per heavy atom. The molecule has 0 aromatic carbocycles. The number of aliphatic hydroxyl groups excluding tert-OH is 2. The normalized spacial score (nSPS) is 19.2. The van der Waals surface area contributed by atoms with Crippen molar-refractivity contribution < 1.29 is 19.7 Å². The fourth-order valence-corrected chi connectivity index (χ4v) is 7.43. The molecule has 252 valence electrons. The largest absolute Gasteiger partial charge is 0.511 e. The van der Waals surface area contributed by atoms with E-state index in [1.165, 1.54) is 18.4 Å². The van der Waals surface area contributed by atoms with Crippen LogP contribution in [0.1, 0.15) is 104 Å². The van der Waals surface area contributed by atoms with E-state index in [1.807, 2.05) is 39.8 Å². The maximum absolute atomic E-state index is 13.1. The van der Waals surface area contributed by atoms with Crippen molar-refractivity contribution in [2.45, 2.75) is 112 Å². The van der Waals surface area contributed by atoms with E-state index in [0.29, 0.717) is 12.8 Å². The number of aliphatic hydroxyl groups is 2. The summed E-state index contributed by atoms with van der Waals surface area (Å²) in [6.07, 6.45) is 13.2. The molecule has 0 saturated heterocycles. The number of unbranched alkanes of at least 4 members (excludes halogenated alkanes) is 3. The SMILES string of the molecule is CCCCCCC(C)OC(=O)CCC1=C(C)C2=NC1=C1CC(O)=C3C1=NC(=C3C)C=c1[nH]c(c(C)c1CC)=CC1=NC(=C2)C(C)=C1CO. The molecule has 0 saturated carbocycles. The molecule has 0 spiro atoms. The maximum Gasteiger partial charge on any atom is 0.306 e. The number of carbonyl (C=O) groups excluding carboxylic acids is 1. The number of hydrogen-bond donors (Lipinski definition) is 3. The van der Waals surface area contributed by atoms with E-state index in [1.54, 1.807) is 0 Å². The number of nitrogens with zero attached hydrogens (tertiary/aromatic N) is 3. The van der Waals surface area contributed by atoms with Crippen molar-refractivity contribution in [1.29, 1.82) is 0 Å². The second-order valence-corrected chi connectivity index (χ2v) is 13.5. The van der Waals surface area contributed by atoms with Crippen molar-refractivity contribution in [3.8, 4) is 0 Å². The molecule has 5 heterocycles. The third kappa shape index (κ3) is 6.07. The number of aromatic amines is 1. The smallest absolute Gasteiger partial charge is 0.306 e. The first-order valence-corrected chi connectivity index (χ1v) is 17.5. The molecule has 8 heteroatoms. The Labute approximate surface area is 283 Å². The van der Waals surface area contributed by atoms with Gasteiger partial charge in [-0.15, -0.1) is 0 Å². The second kappa shape index (κ2) is 13.7. The lowest BCUT2D eigenvalue weighted by Crippen LogP contribution is -2.15. The Morgan fingerprint density at radius 3 is 2.46 bits per heavy atom. The van der Waals surface area contributed by atoms with Gasteiger partial charge in [0.1, 0.15) is 5.76 Å². The van der Waals surface area contributed by atoms with Gasteiger partial charge in [-0.2, -0.15) is 0 Å². The monoisotopic (exact) mass is 648 g/mol. The predicted octanol–water partition coefficient (Wildman–Crippen LogP) is 6.76. The van der Waals surface area contributed by atoms with Crippen LogP contribution in [0, 0.1) is 6.92 Å². The van der Waals surface area contributed by atoms with Crippen molar-refractivity contribution in [3.05, 3.63) is 89.8 Å². The van der Waals surface area contributed by atoms with Crippen LogP contribution >= 0.6 is 0 Å². The Hall–Kier alpha value is -4.30. The summed E-state index contributed by atoms with van der Waals surface area (Å²) in [5.41, 5.74) is 13.0. The lowest BCUT2D eigenvalue weighted by Gasteiger charge is -2.14. The highest BCUT2D eigenvalue weighted by molar-refractivity contribution is 6.25. The average Bonchev–Trinajstić information content (AvgIpc) is 3.80. The summed E-state index contributed by atoms with van der Waals surface area (Å²) in [6, 6.07) is 0. The first kappa shape index (κ1) is 33.6. The number of rotatable bonds is 11. The lowest BCUT2D eigenvalue weighted by molar-refractivity contribution is -0.148. The Kier molecular flexibility index (Phi) is 9.57. The fourth-order valence-electron chi connectivity index (χ4n) is 7.43. The summed E-state index contributed by atoms with van der Waals surface area (Å²) in [5, 5.41) is 23.6. The van der Waals surface area contributed by atoms with Crippen molar-refractivity contribution in [1.82, 2.24) is 4.98 Å². The molecule has 0 fully saturated rings. The van der Waals surface area contributed by atoms with Crippen LogP contribution in [-0.4, -0.2) is 51.0 Å². The summed E-state index contributed by atoms with van der Waals surface area (Å²) in [4.78, 5) is 31.9. The van der Waals surface area contributed by atoms with E-state index in [9.17, 15) is 15.0 Å². The van der Waals surface area contributed by atoms with E-state index >= 15 is 0 Å². The Morgan fingerprint density at radius 2 is 1.73 bits per heavy atom. The van der Waals surface area contributed by atoms with Crippen LogP contribution in [0.5, 0.6) is 0 Å². The van der Waals surface area contributed by atoms with E-state index in [2.05, 4.69) is 31.8 Å². The minimum atomic E-state index is -0.215. The number of hydrogen-bond acceptors (Lipinski definition) is 7. The van der Waals surface area contributed by atoms with Crippen LogP contribution in [0.2, 0.25) is 0 Å². The standard InChI is InChI=1S/C40H48N4O4/c1-8-10-11-12-13-21(3)48-37(47)15-14-27-23(5)32-17-30-24(6)29(20-45)35(42-30)18-31-22(4)26(9-2)34(41-31)19-33-25(7)38-36(46)16-28(39(27)43-32)40(38)44-33/h17-19,21,41,45-46H,8-16,20H2,1-7H3. The van der Waals surface area contributed by atoms with E-state index in [4.69, 9.17) is 19.7 Å². The van der Waals surface area contributed by atoms with Gasteiger partial charge in [-0.1, -0.05) is 33.1 Å². The third-order valence-corrected chi connectivity index (χ3v) is 10.3. The van der Waals surface area contributed by atoms with Crippen LogP contribution in [-0.2, 0) is 16.0 Å². The number of carbonyl (C=O) groups is 1. The number of H-pyrrole nitrogens is 1. The zero-order valence-corrected chi connectivity index (χ0v) is 29.4. The fraction of sp³-hybridized carbons (Fsp3) is 0.450. The molecule has 5 aliphatic rings. The first-order chi connectivity index (χ1) is 23.1. The zero-order valence-electron chi connectivity index (χ0n) is 29.4. The predicted molar refractivity (Wildman–Crippen MR) is 194 cm³/mol. The van der Waals surface area contributed by atoms with Crippen LogP contribution in [0.15, 0.2) is 82.9 Å². The maximum atomic E-state index is 13.1. The van der Waals surface area contributed by atoms with Gasteiger partial charge in [-0.25, -0.2) is 15.0 Å². The van der Waals surface area contributed by atoms with Gasteiger partial charge in [0.25, 0.3) is 0 Å². The number of allylic oxidation sites excluding steroid dienone is 8. The van der Waals surface area contributed by atoms with Crippen LogP contribution < -0.4 is 10.7 Å². The molecule has 4 aliphatic heterocycles. The van der Waals surface area contributed by atoms with Crippen molar-refractivity contribution in [2.75, 3.05) is 6.61 Å². The van der Waals surface area contributed by atoms with Crippen LogP contribution in [0.3, 0.4) is 0 Å². The summed E-state index contributed by atoms with van der Waals surface area (Å²) in [7, 11) is 0. The Balaban J connectivity index is 1.45. The topological polar surface area (TPSA) is 120 Å². The number of nitrogens with one attached hydrogen (secondary N) is 1. The van der Waals surface area contributed by atoms with Crippen molar-refractivity contribution >= 4 is 35.3 Å². The Bertz CT molecular complexity index is 2000. The van der Waals surface area contributed by atoms with E-state index < -0.39 is 0 Å². The van der Waals surface area contributed by atoms with E-state index in [0.717, 1.165) is 115 Å². The van der Waals surface area contributed by atoms with Gasteiger partial charge in [0.15, 0.2) is 0 Å². The summed E-state index contributed by atoms with van der Waals surface area (Å²) in [5.74, 6) is 0.0741. The minimum Gasteiger partial charge on any atom is -0.511 e. The molecule has 1 aromatic rings. The molecule has 8 nitrogen and oxygen atoms in total. The number of aliphatic imine (C=N–C) groups is 3.